The SMILES string of the molecule is COCCN(C(C)C1CC1)C(CO)C(N)COC. The van der Waals surface area contributed by atoms with Gasteiger partial charge in [-0.1, -0.05) is 0 Å². The molecule has 0 heterocycles. The second-order valence-electron chi connectivity index (χ2n) is 5.18. The van der Waals surface area contributed by atoms with Crippen LogP contribution >= 0.6 is 0 Å². The molecule has 1 aliphatic carbocycles. The first-order valence-electron chi connectivity index (χ1n) is 6.75. The molecular weight excluding hydrogens is 232 g/mol. The highest BCUT2D eigenvalue weighted by atomic mass is 16.5. The Labute approximate surface area is 110 Å². The summed E-state index contributed by atoms with van der Waals surface area (Å²) in [6, 6.07) is 0.217. The third-order valence-electron chi connectivity index (χ3n) is 3.85. The van der Waals surface area contributed by atoms with Crippen LogP contribution in [0.5, 0.6) is 0 Å². The van der Waals surface area contributed by atoms with Gasteiger partial charge in [0, 0.05) is 32.8 Å². The zero-order chi connectivity index (χ0) is 13.5. The van der Waals surface area contributed by atoms with Crippen molar-refractivity contribution in [2.45, 2.75) is 37.9 Å². The molecule has 0 aromatic heterocycles. The van der Waals surface area contributed by atoms with Crippen molar-refractivity contribution in [3.63, 3.8) is 0 Å². The smallest absolute Gasteiger partial charge is 0.0629 e. The van der Waals surface area contributed by atoms with Crippen molar-refractivity contribution in [2.75, 3.05) is 40.6 Å². The van der Waals surface area contributed by atoms with Crippen LogP contribution in [0.3, 0.4) is 0 Å². The number of rotatable bonds is 10. The van der Waals surface area contributed by atoms with E-state index in [1.165, 1.54) is 12.8 Å². The predicted molar refractivity (Wildman–Crippen MR) is 71.5 cm³/mol. The van der Waals surface area contributed by atoms with Crippen LogP contribution in [0.1, 0.15) is 19.8 Å². The monoisotopic (exact) mass is 260 g/mol. The Morgan fingerprint density at radius 3 is 2.44 bits per heavy atom. The molecule has 1 aliphatic rings. The Kier molecular flexibility index (Phi) is 7.11. The van der Waals surface area contributed by atoms with E-state index < -0.39 is 0 Å². The van der Waals surface area contributed by atoms with Gasteiger partial charge in [-0.05, 0) is 25.7 Å². The summed E-state index contributed by atoms with van der Waals surface area (Å²) in [6.45, 7) is 4.21. The molecule has 0 radical (unpaired) electrons. The molecule has 0 amide bonds. The van der Waals surface area contributed by atoms with Crippen LogP contribution in [-0.2, 0) is 9.47 Å². The molecule has 0 aromatic rings. The predicted octanol–water partition coefficient (Wildman–Crippen LogP) is 0.0679. The zero-order valence-electron chi connectivity index (χ0n) is 11.8. The van der Waals surface area contributed by atoms with Gasteiger partial charge in [0.2, 0.25) is 0 Å². The van der Waals surface area contributed by atoms with Gasteiger partial charge in [-0.15, -0.1) is 0 Å². The Hall–Kier alpha value is -0.200. The largest absolute Gasteiger partial charge is 0.395 e. The molecule has 1 saturated carbocycles. The molecule has 0 saturated heterocycles. The van der Waals surface area contributed by atoms with E-state index >= 15 is 0 Å². The van der Waals surface area contributed by atoms with Gasteiger partial charge in [0.1, 0.15) is 0 Å². The van der Waals surface area contributed by atoms with Crippen molar-refractivity contribution >= 4 is 0 Å². The Morgan fingerprint density at radius 2 is 2.00 bits per heavy atom. The van der Waals surface area contributed by atoms with Crippen LogP contribution in [0.4, 0.5) is 0 Å². The minimum absolute atomic E-state index is 0.0595. The Bertz CT molecular complexity index is 224. The lowest BCUT2D eigenvalue weighted by atomic mass is 10.0. The second kappa shape index (κ2) is 8.07. The van der Waals surface area contributed by atoms with Crippen molar-refractivity contribution in [3.05, 3.63) is 0 Å². The topological polar surface area (TPSA) is 68.0 Å². The summed E-state index contributed by atoms with van der Waals surface area (Å²) >= 11 is 0. The molecule has 108 valence electrons. The lowest BCUT2D eigenvalue weighted by molar-refractivity contribution is 0.0245. The highest BCUT2D eigenvalue weighted by Gasteiger charge is 2.36. The number of aliphatic hydroxyl groups excluding tert-OH is 1. The van der Waals surface area contributed by atoms with Gasteiger partial charge in [0.15, 0.2) is 0 Å². The van der Waals surface area contributed by atoms with Crippen LogP contribution < -0.4 is 5.73 Å². The second-order valence-corrected chi connectivity index (χ2v) is 5.18. The zero-order valence-corrected chi connectivity index (χ0v) is 11.8. The summed E-state index contributed by atoms with van der Waals surface area (Å²) in [4.78, 5) is 2.28. The van der Waals surface area contributed by atoms with Crippen LogP contribution in [0.2, 0.25) is 0 Å². The quantitative estimate of drug-likeness (QED) is 0.582. The summed E-state index contributed by atoms with van der Waals surface area (Å²) in [5.74, 6) is 0.741. The van der Waals surface area contributed by atoms with E-state index in [1.807, 2.05) is 0 Å². The number of aliphatic hydroxyl groups is 1. The van der Waals surface area contributed by atoms with Gasteiger partial charge in [-0.3, -0.25) is 4.90 Å². The molecule has 3 N–H and O–H groups in total. The average Bonchev–Trinajstić information content (AvgIpc) is 3.18. The third-order valence-corrected chi connectivity index (χ3v) is 3.85. The molecule has 3 atom stereocenters. The van der Waals surface area contributed by atoms with E-state index in [9.17, 15) is 5.11 Å². The van der Waals surface area contributed by atoms with Crippen molar-refractivity contribution in [2.24, 2.45) is 11.7 Å². The van der Waals surface area contributed by atoms with Crippen LogP contribution in [0, 0.1) is 5.92 Å². The summed E-state index contributed by atoms with van der Waals surface area (Å²) in [7, 11) is 3.33. The highest BCUT2D eigenvalue weighted by molar-refractivity contribution is 4.91. The normalized spacial score (nSPS) is 21.0. The van der Waals surface area contributed by atoms with Crippen LogP contribution in [-0.4, -0.2) is 68.7 Å². The molecule has 5 heteroatoms. The molecule has 0 bridgehead atoms. The summed E-state index contributed by atoms with van der Waals surface area (Å²) in [5.41, 5.74) is 6.10. The summed E-state index contributed by atoms with van der Waals surface area (Å²) in [5, 5.41) is 9.63. The Morgan fingerprint density at radius 1 is 1.33 bits per heavy atom. The van der Waals surface area contributed by atoms with Gasteiger partial charge in [0.05, 0.1) is 25.9 Å². The molecule has 18 heavy (non-hydrogen) atoms. The maximum atomic E-state index is 9.63. The van der Waals surface area contributed by atoms with Gasteiger partial charge >= 0.3 is 0 Å². The van der Waals surface area contributed by atoms with E-state index in [0.29, 0.717) is 19.3 Å². The first kappa shape index (κ1) is 15.9. The fourth-order valence-corrected chi connectivity index (χ4v) is 2.51. The molecule has 5 nitrogen and oxygen atoms in total. The first-order valence-corrected chi connectivity index (χ1v) is 6.75. The van der Waals surface area contributed by atoms with Crippen molar-refractivity contribution in [1.29, 1.82) is 0 Å². The molecule has 1 rings (SSSR count). The first-order chi connectivity index (χ1) is 8.65. The van der Waals surface area contributed by atoms with E-state index in [-0.39, 0.29) is 18.7 Å². The van der Waals surface area contributed by atoms with Crippen molar-refractivity contribution < 1.29 is 14.6 Å². The highest BCUT2D eigenvalue weighted by Crippen LogP contribution is 2.35. The minimum Gasteiger partial charge on any atom is -0.395 e. The van der Waals surface area contributed by atoms with Crippen molar-refractivity contribution in [3.8, 4) is 0 Å². The standard InChI is InChI=1S/C13H28N2O3/c1-10(11-4-5-11)15(6-7-17-2)13(8-16)12(14)9-18-3/h10-13,16H,4-9,14H2,1-3H3. The molecular formula is C13H28N2O3. The summed E-state index contributed by atoms with van der Waals surface area (Å²) in [6.07, 6.45) is 2.56. The molecule has 3 unspecified atom stereocenters. The summed E-state index contributed by atoms with van der Waals surface area (Å²) < 4.78 is 10.3. The van der Waals surface area contributed by atoms with E-state index in [4.69, 9.17) is 15.2 Å². The number of ether oxygens (including phenoxy) is 2. The lowest BCUT2D eigenvalue weighted by Crippen LogP contribution is -2.56. The average molecular weight is 260 g/mol. The van der Waals surface area contributed by atoms with Gasteiger partial charge in [0.25, 0.3) is 0 Å². The number of nitrogens with two attached hydrogens (primary N) is 1. The molecule has 0 aliphatic heterocycles. The fraction of sp³-hybridized carbons (Fsp3) is 1.00. The molecule has 1 fully saturated rings. The number of hydrogen-bond donors (Lipinski definition) is 2. The Balaban J connectivity index is 2.63. The van der Waals surface area contributed by atoms with E-state index in [0.717, 1.165) is 12.5 Å². The van der Waals surface area contributed by atoms with Gasteiger partial charge in [-0.2, -0.15) is 0 Å². The van der Waals surface area contributed by atoms with Gasteiger partial charge < -0.3 is 20.3 Å². The minimum atomic E-state index is -0.168. The lowest BCUT2D eigenvalue weighted by Gasteiger charge is -2.38. The fourth-order valence-electron chi connectivity index (χ4n) is 2.51. The maximum Gasteiger partial charge on any atom is 0.0629 e. The van der Waals surface area contributed by atoms with Crippen LogP contribution in [0.15, 0.2) is 0 Å². The molecule has 0 spiro atoms. The number of methoxy groups -OCH3 is 2. The maximum absolute atomic E-state index is 9.63. The van der Waals surface area contributed by atoms with E-state index in [1.54, 1.807) is 14.2 Å². The number of nitrogens with zero attached hydrogens (tertiary/aromatic N) is 1. The number of hydrogen-bond acceptors (Lipinski definition) is 5. The molecule has 0 aromatic carbocycles. The van der Waals surface area contributed by atoms with Gasteiger partial charge in [-0.25, -0.2) is 0 Å². The van der Waals surface area contributed by atoms with Crippen molar-refractivity contribution in [1.82, 2.24) is 4.90 Å². The van der Waals surface area contributed by atoms with E-state index in [2.05, 4.69) is 11.8 Å². The van der Waals surface area contributed by atoms with Crippen LogP contribution in [0.25, 0.3) is 0 Å². The third kappa shape index (κ3) is 4.48.